The van der Waals surface area contributed by atoms with Crippen LogP contribution < -0.4 is 10.1 Å². The van der Waals surface area contributed by atoms with E-state index in [0.29, 0.717) is 11.0 Å². The van der Waals surface area contributed by atoms with Crippen LogP contribution in [0.3, 0.4) is 0 Å². The Morgan fingerprint density at radius 2 is 1.72 bits per heavy atom. The highest BCUT2D eigenvalue weighted by molar-refractivity contribution is 7.99. The lowest BCUT2D eigenvalue weighted by molar-refractivity contribution is -0.113. The molecule has 32 heavy (non-hydrogen) atoms. The monoisotopic (exact) mass is 444 g/mol. The highest BCUT2D eigenvalue weighted by atomic mass is 32.2. The molecule has 1 amide bonds. The molecule has 1 aromatic heterocycles. The molecule has 0 aliphatic heterocycles. The van der Waals surface area contributed by atoms with Gasteiger partial charge < -0.3 is 10.1 Å². The third kappa shape index (κ3) is 5.56. The number of amides is 1. The smallest absolute Gasteiger partial charge is 0.234 e. The number of nitrogens with zero attached hydrogens (tertiary/aromatic N) is 3. The molecule has 4 aromatic rings. The normalized spacial score (nSPS) is 10.7. The Kier molecular flexibility index (Phi) is 6.87. The third-order valence-electron chi connectivity index (χ3n) is 4.74. The number of hydrogen-bond acceptors (Lipinski definition) is 5. The molecule has 162 valence electrons. The van der Waals surface area contributed by atoms with Crippen molar-refractivity contribution in [2.75, 3.05) is 11.1 Å². The second-order valence-corrected chi connectivity index (χ2v) is 8.32. The number of para-hydroxylation sites is 1. The van der Waals surface area contributed by atoms with Crippen molar-refractivity contribution in [1.82, 2.24) is 14.8 Å². The minimum absolute atomic E-state index is 0.0966. The molecular formula is C25H24N4O2S. The van der Waals surface area contributed by atoms with Crippen molar-refractivity contribution in [3.63, 3.8) is 0 Å². The van der Waals surface area contributed by atoms with Crippen molar-refractivity contribution < 1.29 is 9.53 Å². The number of aromatic nitrogens is 3. The van der Waals surface area contributed by atoms with Gasteiger partial charge in [-0.05, 0) is 55.8 Å². The maximum absolute atomic E-state index is 12.5. The molecule has 6 nitrogen and oxygen atoms in total. The molecule has 0 fully saturated rings. The fraction of sp³-hybridized carbons (Fsp3) is 0.160. The van der Waals surface area contributed by atoms with E-state index in [2.05, 4.69) is 15.5 Å². The van der Waals surface area contributed by atoms with Crippen LogP contribution in [0.15, 0.2) is 84.0 Å². The van der Waals surface area contributed by atoms with E-state index in [0.717, 1.165) is 22.7 Å². The standard InChI is InChI=1S/C25H24N4O2S/c1-18-11-13-22(14-12-18)31-16-23-27-28-25(29(23)21-9-4-3-5-10-21)32-17-24(30)26-20-8-6-7-19(2)15-20/h3-15H,16-17H2,1-2H3,(H,26,30). The summed E-state index contributed by atoms with van der Waals surface area (Å²) in [5, 5.41) is 12.2. The van der Waals surface area contributed by atoms with Gasteiger partial charge in [0.05, 0.1) is 5.75 Å². The van der Waals surface area contributed by atoms with E-state index in [9.17, 15) is 4.79 Å². The SMILES string of the molecule is Cc1ccc(OCc2nnc(SCC(=O)Nc3cccc(C)c3)n2-c2ccccc2)cc1. The van der Waals surface area contributed by atoms with E-state index < -0.39 is 0 Å². The van der Waals surface area contributed by atoms with Crippen molar-refractivity contribution >= 4 is 23.4 Å². The van der Waals surface area contributed by atoms with Gasteiger partial charge in [-0.15, -0.1) is 10.2 Å². The summed E-state index contributed by atoms with van der Waals surface area (Å²) in [6.07, 6.45) is 0. The summed E-state index contributed by atoms with van der Waals surface area (Å²) in [5.41, 5.74) is 3.97. The largest absolute Gasteiger partial charge is 0.486 e. The zero-order valence-corrected chi connectivity index (χ0v) is 18.8. The third-order valence-corrected chi connectivity index (χ3v) is 5.67. The van der Waals surface area contributed by atoms with Crippen molar-refractivity contribution in [3.8, 4) is 11.4 Å². The van der Waals surface area contributed by atoms with Crippen LogP contribution >= 0.6 is 11.8 Å². The Hall–Kier alpha value is -3.58. The summed E-state index contributed by atoms with van der Waals surface area (Å²) in [6, 6.07) is 25.4. The number of carbonyl (C=O) groups is 1. The summed E-state index contributed by atoms with van der Waals surface area (Å²) in [7, 11) is 0. The van der Waals surface area contributed by atoms with Gasteiger partial charge in [0.1, 0.15) is 12.4 Å². The number of aryl methyl sites for hydroxylation is 2. The first-order valence-corrected chi connectivity index (χ1v) is 11.3. The predicted molar refractivity (Wildman–Crippen MR) is 127 cm³/mol. The van der Waals surface area contributed by atoms with Gasteiger partial charge in [0, 0.05) is 11.4 Å². The number of ether oxygens (including phenoxy) is 1. The molecule has 0 unspecified atom stereocenters. The van der Waals surface area contributed by atoms with Crippen LogP contribution in [0.25, 0.3) is 5.69 Å². The lowest BCUT2D eigenvalue weighted by Gasteiger charge is -2.11. The molecule has 0 aliphatic rings. The van der Waals surface area contributed by atoms with Crippen molar-refractivity contribution in [3.05, 3.63) is 95.8 Å². The molecule has 0 radical (unpaired) electrons. The minimum atomic E-state index is -0.0966. The number of carbonyl (C=O) groups excluding carboxylic acids is 1. The Morgan fingerprint density at radius 1 is 0.938 bits per heavy atom. The van der Waals surface area contributed by atoms with E-state index in [4.69, 9.17) is 4.74 Å². The Morgan fingerprint density at radius 3 is 2.47 bits per heavy atom. The molecule has 4 rings (SSSR count). The van der Waals surface area contributed by atoms with Crippen molar-refractivity contribution in [2.45, 2.75) is 25.6 Å². The molecule has 0 saturated heterocycles. The minimum Gasteiger partial charge on any atom is -0.486 e. The summed E-state index contributed by atoms with van der Waals surface area (Å²) in [6.45, 7) is 4.29. The maximum Gasteiger partial charge on any atom is 0.234 e. The quantitative estimate of drug-likeness (QED) is 0.379. The summed E-state index contributed by atoms with van der Waals surface area (Å²) >= 11 is 1.34. The second-order valence-electron chi connectivity index (χ2n) is 7.38. The van der Waals surface area contributed by atoms with Crippen LogP contribution in [0.4, 0.5) is 5.69 Å². The van der Waals surface area contributed by atoms with Gasteiger partial charge in [-0.2, -0.15) is 0 Å². The molecule has 0 atom stereocenters. The molecule has 3 aromatic carbocycles. The lowest BCUT2D eigenvalue weighted by atomic mass is 10.2. The first-order chi connectivity index (χ1) is 15.6. The number of nitrogens with one attached hydrogen (secondary N) is 1. The predicted octanol–water partition coefficient (Wildman–Crippen LogP) is 5.19. The molecule has 1 N–H and O–H groups in total. The van der Waals surface area contributed by atoms with Gasteiger partial charge in [0.15, 0.2) is 11.0 Å². The zero-order valence-electron chi connectivity index (χ0n) is 18.0. The van der Waals surface area contributed by atoms with E-state index in [-0.39, 0.29) is 18.3 Å². The van der Waals surface area contributed by atoms with Crippen molar-refractivity contribution in [2.24, 2.45) is 0 Å². The Labute approximate surface area is 191 Å². The fourth-order valence-electron chi connectivity index (χ4n) is 3.16. The van der Waals surface area contributed by atoms with Gasteiger partial charge >= 0.3 is 0 Å². The topological polar surface area (TPSA) is 69.0 Å². The average molecular weight is 445 g/mol. The lowest BCUT2D eigenvalue weighted by Crippen LogP contribution is -2.14. The molecule has 0 aliphatic carbocycles. The van der Waals surface area contributed by atoms with Gasteiger partial charge in [0.25, 0.3) is 0 Å². The van der Waals surface area contributed by atoms with Crippen LogP contribution in [0.2, 0.25) is 0 Å². The van der Waals surface area contributed by atoms with Gasteiger partial charge in [0.2, 0.25) is 5.91 Å². The van der Waals surface area contributed by atoms with E-state index in [1.165, 1.54) is 17.3 Å². The number of anilines is 1. The number of benzene rings is 3. The van der Waals surface area contributed by atoms with E-state index >= 15 is 0 Å². The van der Waals surface area contributed by atoms with Crippen LogP contribution in [-0.4, -0.2) is 26.4 Å². The number of thioether (sulfide) groups is 1. The van der Waals surface area contributed by atoms with Crippen LogP contribution in [0.1, 0.15) is 17.0 Å². The molecule has 0 spiro atoms. The van der Waals surface area contributed by atoms with Gasteiger partial charge in [-0.3, -0.25) is 9.36 Å². The van der Waals surface area contributed by atoms with Gasteiger partial charge in [-0.25, -0.2) is 0 Å². The van der Waals surface area contributed by atoms with Gasteiger partial charge in [-0.1, -0.05) is 59.8 Å². The van der Waals surface area contributed by atoms with Crippen molar-refractivity contribution in [1.29, 1.82) is 0 Å². The summed E-state index contributed by atoms with van der Waals surface area (Å²) in [5.74, 6) is 1.56. The zero-order chi connectivity index (χ0) is 22.3. The number of rotatable bonds is 8. The van der Waals surface area contributed by atoms with E-state index in [1.807, 2.05) is 97.3 Å². The van der Waals surface area contributed by atoms with Crippen LogP contribution in [-0.2, 0) is 11.4 Å². The highest BCUT2D eigenvalue weighted by Gasteiger charge is 2.16. The highest BCUT2D eigenvalue weighted by Crippen LogP contribution is 2.23. The average Bonchev–Trinajstić information content (AvgIpc) is 3.21. The fourth-order valence-corrected chi connectivity index (χ4v) is 3.93. The molecule has 0 saturated carbocycles. The molecule has 7 heteroatoms. The van der Waals surface area contributed by atoms with Crippen LogP contribution in [0, 0.1) is 13.8 Å². The summed E-state index contributed by atoms with van der Waals surface area (Å²) < 4.78 is 7.86. The summed E-state index contributed by atoms with van der Waals surface area (Å²) in [4.78, 5) is 12.5. The van der Waals surface area contributed by atoms with E-state index in [1.54, 1.807) is 0 Å². The Balaban J connectivity index is 1.48. The molecule has 1 heterocycles. The second kappa shape index (κ2) is 10.2. The molecular weight excluding hydrogens is 420 g/mol. The first-order valence-electron chi connectivity index (χ1n) is 10.3. The molecule has 0 bridgehead atoms. The number of hydrogen-bond donors (Lipinski definition) is 1. The maximum atomic E-state index is 12.5. The Bertz CT molecular complexity index is 1190. The first kappa shape index (κ1) is 21.6. The van der Waals surface area contributed by atoms with Crippen LogP contribution in [0.5, 0.6) is 5.75 Å².